The van der Waals surface area contributed by atoms with Crippen molar-refractivity contribution in [2.24, 2.45) is 0 Å². The Morgan fingerprint density at radius 3 is 2.43 bits per heavy atom. The maximum Gasteiger partial charge on any atom is 0.258 e. The molecular weight excluding hydrogens is 311 g/mol. The summed E-state index contributed by atoms with van der Waals surface area (Å²) in [5, 5.41) is 6.28. The van der Waals surface area contributed by atoms with Crippen LogP contribution in [0.15, 0.2) is 43.2 Å². The quantitative estimate of drug-likeness (QED) is 0.825. The molecule has 0 atom stereocenters. The Morgan fingerprint density at radius 1 is 1.24 bits per heavy atom. The number of anilines is 2. The Bertz CT molecular complexity index is 638. The van der Waals surface area contributed by atoms with Crippen LogP contribution in [0, 0.1) is 0 Å². The van der Waals surface area contributed by atoms with Gasteiger partial charge < -0.3 is 10.6 Å². The van der Waals surface area contributed by atoms with Gasteiger partial charge in [-0.15, -0.1) is 6.58 Å². The van der Waals surface area contributed by atoms with Crippen LogP contribution < -0.4 is 10.6 Å². The molecule has 2 rings (SSSR count). The average Bonchev–Trinajstić information content (AvgIpc) is 2.49. The first-order valence-corrected chi connectivity index (χ1v) is 6.79. The number of hydrogen-bond acceptors (Lipinski definition) is 4. The van der Waals surface area contributed by atoms with Gasteiger partial charge in [-0.25, -0.2) is 9.97 Å². The zero-order valence-electron chi connectivity index (χ0n) is 10.9. The van der Waals surface area contributed by atoms with E-state index in [2.05, 4.69) is 27.2 Å². The topological polar surface area (TPSA) is 66.9 Å². The zero-order valence-corrected chi connectivity index (χ0v) is 12.4. The summed E-state index contributed by atoms with van der Waals surface area (Å²) >= 11 is 12.0. The smallest absolute Gasteiger partial charge is 0.258 e. The molecule has 0 fully saturated rings. The van der Waals surface area contributed by atoms with E-state index < -0.39 is 0 Å². The molecule has 0 unspecified atom stereocenters. The minimum absolute atomic E-state index is 0.301. The largest absolute Gasteiger partial charge is 0.351 e. The van der Waals surface area contributed by atoms with Gasteiger partial charge in [0.1, 0.15) is 0 Å². The lowest BCUT2D eigenvalue weighted by molar-refractivity contribution is 0.102. The molecule has 1 amide bonds. The number of amides is 1. The highest BCUT2D eigenvalue weighted by molar-refractivity contribution is 6.40. The van der Waals surface area contributed by atoms with Gasteiger partial charge in [-0.3, -0.25) is 4.79 Å². The Hall–Kier alpha value is -2.11. The zero-order chi connectivity index (χ0) is 15.2. The first-order valence-electron chi connectivity index (χ1n) is 6.04. The lowest BCUT2D eigenvalue weighted by atomic mass is 10.2. The summed E-state index contributed by atoms with van der Waals surface area (Å²) in [6.07, 6.45) is 4.51. The summed E-state index contributed by atoms with van der Waals surface area (Å²) < 4.78 is 0. The molecule has 2 aromatic rings. The van der Waals surface area contributed by atoms with Crippen molar-refractivity contribution in [2.75, 3.05) is 17.2 Å². The number of aromatic nitrogens is 2. The monoisotopic (exact) mass is 322 g/mol. The summed E-state index contributed by atoms with van der Waals surface area (Å²) in [5.41, 5.74) is 0.662. The van der Waals surface area contributed by atoms with Gasteiger partial charge in [0.2, 0.25) is 5.95 Å². The molecule has 1 heterocycles. The summed E-state index contributed by atoms with van der Waals surface area (Å²) in [5.74, 6) is 0.0301. The van der Waals surface area contributed by atoms with Crippen molar-refractivity contribution in [2.45, 2.75) is 0 Å². The van der Waals surface area contributed by atoms with Crippen molar-refractivity contribution >= 4 is 40.7 Å². The third-order valence-corrected chi connectivity index (χ3v) is 3.15. The molecular formula is C14H12Cl2N4O. The first-order chi connectivity index (χ1) is 10.1. The molecule has 21 heavy (non-hydrogen) atoms. The van der Waals surface area contributed by atoms with Gasteiger partial charge in [0.15, 0.2) is 0 Å². The molecule has 2 N–H and O–H groups in total. The van der Waals surface area contributed by atoms with Crippen LogP contribution in [0.4, 0.5) is 11.6 Å². The normalized spacial score (nSPS) is 10.0. The van der Waals surface area contributed by atoms with Crippen LogP contribution >= 0.6 is 23.2 Å². The van der Waals surface area contributed by atoms with Gasteiger partial charge in [0.25, 0.3) is 5.91 Å². The maximum atomic E-state index is 12.1. The molecule has 0 aliphatic rings. The molecule has 0 radical (unpaired) electrons. The highest BCUT2D eigenvalue weighted by Gasteiger charge is 2.12. The fraction of sp³-hybridized carbons (Fsp3) is 0.0714. The van der Waals surface area contributed by atoms with Gasteiger partial charge in [0.05, 0.1) is 21.3 Å². The van der Waals surface area contributed by atoms with Crippen LogP contribution in [-0.2, 0) is 0 Å². The summed E-state index contributed by atoms with van der Waals surface area (Å²) in [6, 6.07) is 4.98. The summed E-state index contributed by atoms with van der Waals surface area (Å²) in [6.45, 7) is 4.12. The van der Waals surface area contributed by atoms with E-state index in [-0.39, 0.29) is 5.91 Å². The van der Waals surface area contributed by atoms with Crippen LogP contribution in [0.25, 0.3) is 0 Å². The molecule has 0 aliphatic carbocycles. The van der Waals surface area contributed by atoms with Crippen LogP contribution in [0.3, 0.4) is 0 Å². The number of carbonyl (C=O) groups is 1. The molecule has 1 aromatic carbocycles. The standard InChI is InChI=1S/C14H12Cl2N4O/c1-2-6-17-14-18-7-9(8-19-14)13(21)20-12-10(15)4-3-5-11(12)16/h2-5,7-8H,1,6H2,(H,20,21)(H,17,18,19). The molecule has 7 heteroatoms. The van der Waals surface area contributed by atoms with Crippen molar-refractivity contribution in [3.8, 4) is 0 Å². The molecule has 0 aliphatic heterocycles. The number of carbonyl (C=O) groups excluding carboxylic acids is 1. The number of rotatable bonds is 5. The summed E-state index contributed by atoms with van der Waals surface area (Å²) in [7, 11) is 0. The number of hydrogen-bond donors (Lipinski definition) is 2. The van der Waals surface area contributed by atoms with Gasteiger partial charge in [0, 0.05) is 18.9 Å². The predicted octanol–water partition coefficient (Wildman–Crippen LogP) is 3.63. The Labute approximate surface area is 132 Å². The van der Waals surface area contributed by atoms with E-state index in [9.17, 15) is 4.79 Å². The van der Waals surface area contributed by atoms with Crippen LogP contribution in [0.5, 0.6) is 0 Å². The van der Waals surface area contributed by atoms with E-state index in [0.29, 0.717) is 33.8 Å². The van der Waals surface area contributed by atoms with E-state index in [0.717, 1.165) is 0 Å². The highest BCUT2D eigenvalue weighted by atomic mass is 35.5. The van der Waals surface area contributed by atoms with Crippen molar-refractivity contribution in [1.29, 1.82) is 0 Å². The van der Waals surface area contributed by atoms with Crippen molar-refractivity contribution in [3.63, 3.8) is 0 Å². The lowest BCUT2D eigenvalue weighted by Crippen LogP contribution is -2.14. The number of para-hydroxylation sites is 1. The highest BCUT2D eigenvalue weighted by Crippen LogP contribution is 2.30. The number of nitrogens with one attached hydrogen (secondary N) is 2. The molecule has 0 saturated heterocycles. The minimum atomic E-state index is -0.389. The van der Waals surface area contributed by atoms with Gasteiger partial charge >= 0.3 is 0 Å². The molecule has 5 nitrogen and oxygen atoms in total. The number of benzene rings is 1. The Balaban J connectivity index is 2.11. The fourth-order valence-corrected chi connectivity index (χ4v) is 1.99. The lowest BCUT2D eigenvalue weighted by Gasteiger charge is -2.09. The van der Waals surface area contributed by atoms with E-state index in [1.165, 1.54) is 12.4 Å². The maximum absolute atomic E-state index is 12.1. The second-order valence-electron chi connectivity index (χ2n) is 4.02. The van der Waals surface area contributed by atoms with E-state index in [4.69, 9.17) is 23.2 Å². The van der Waals surface area contributed by atoms with Crippen molar-refractivity contribution in [1.82, 2.24) is 9.97 Å². The van der Waals surface area contributed by atoms with E-state index in [1.807, 2.05) is 0 Å². The van der Waals surface area contributed by atoms with Crippen LogP contribution in [0.1, 0.15) is 10.4 Å². The third kappa shape index (κ3) is 3.93. The van der Waals surface area contributed by atoms with Crippen molar-refractivity contribution < 1.29 is 4.79 Å². The van der Waals surface area contributed by atoms with Crippen LogP contribution in [0.2, 0.25) is 10.0 Å². The van der Waals surface area contributed by atoms with Crippen molar-refractivity contribution in [3.05, 3.63) is 58.9 Å². The Morgan fingerprint density at radius 2 is 1.86 bits per heavy atom. The molecule has 0 bridgehead atoms. The third-order valence-electron chi connectivity index (χ3n) is 2.52. The molecule has 0 saturated carbocycles. The van der Waals surface area contributed by atoms with Gasteiger partial charge in [-0.1, -0.05) is 35.3 Å². The molecule has 1 aromatic heterocycles. The fourth-order valence-electron chi connectivity index (χ4n) is 1.50. The minimum Gasteiger partial charge on any atom is -0.351 e. The van der Waals surface area contributed by atoms with E-state index in [1.54, 1.807) is 24.3 Å². The SMILES string of the molecule is C=CCNc1ncc(C(=O)Nc2c(Cl)cccc2Cl)cn1. The number of halogens is 2. The predicted molar refractivity (Wildman–Crippen MR) is 85.1 cm³/mol. The second-order valence-corrected chi connectivity index (χ2v) is 4.83. The average molecular weight is 323 g/mol. The van der Waals surface area contributed by atoms with E-state index >= 15 is 0 Å². The van der Waals surface area contributed by atoms with Gasteiger partial charge in [-0.05, 0) is 12.1 Å². The van der Waals surface area contributed by atoms with Gasteiger partial charge in [-0.2, -0.15) is 0 Å². The molecule has 108 valence electrons. The first kappa shape index (κ1) is 15.3. The van der Waals surface area contributed by atoms with Crippen LogP contribution in [-0.4, -0.2) is 22.4 Å². The summed E-state index contributed by atoms with van der Waals surface area (Å²) in [4.78, 5) is 20.2. The molecule has 0 spiro atoms. The number of nitrogens with zero attached hydrogens (tertiary/aromatic N) is 2. The second kappa shape index (κ2) is 7.06. The Kier molecular flexibility index (Phi) is 5.14.